The molecule has 2 nitrogen and oxygen atoms in total. The van der Waals surface area contributed by atoms with E-state index in [0.717, 1.165) is 23.8 Å². The highest BCUT2D eigenvalue weighted by atomic mass is 19.1. The molecule has 0 aliphatic rings. The number of hydrogen-bond acceptors (Lipinski definition) is 2. The maximum absolute atomic E-state index is 13.5. The van der Waals surface area contributed by atoms with Crippen molar-refractivity contribution in [3.8, 4) is 11.1 Å². The van der Waals surface area contributed by atoms with Gasteiger partial charge in [0, 0.05) is 17.3 Å². The summed E-state index contributed by atoms with van der Waals surface area (Å²) in [5, 5.41) is 0. The lowest BCUT2D eigenvalue weighted by Crippen LogP contribution is -1.96. The molecule has 4 heteroatoms. The summed E-state index contributed by atoms with van der Waals surface area (Å²) in [5.74, 6) is -0.826. The molecule has 0 bridgehead atoms. The predicted octanol–water partition coefficient (Wildman–Crippen LogP) is 2.92. The molecule has 0 saturated carbocycles. The minimum Gasteiger partial charge on any atom is -0.383 e. The van der Waals surface area contributed by atoms with Crippen molar-refractivity contribution < 1.29 is 8.78 Å². The van der Waals surface area contributed by atoms with E-state index >= 15 is 0 Å². The van der Waals surface area contributed by atoms with Gasteiger partial charge in [0.05, 0.1) is 0 Å². The molecule has 0 unspecified atom stereocenters. The van der Waals surface area contributed by atoms with Crippen molar-refractivity contribution >= 4 is 5.82 Å². The molecule has 0 aliphatic heterocycles. The number of rotatable bonds is 1. The Morgan fingerprint density at radius 2 is 1.88 bits per heavy atom. The Morgan fingerprint density at radius 1 is 1.12 bits per heavy atom. The normalized spacial score (nSPS) is 10.4. The summed E-state index contributed by atoms with van der Waals surface area (Å²) in [7, 11) is 0. The van der Waals surface area contributed by atoms with Gasteiger partial charge in [0.25, 0.3) is 0 Å². The number of hydrogen-bond donors (Lipinski definition) is 1. The standard InChI is InChI=1S/C12H10F2N2/c1-7-4-10(12(15)16-6-7)9-5-8(13)2-3-11(9)14/h2-6H,1H3,(H2,15,16). The second kappa shape index (κ2) is 3.89. The summed E-state index contributed by atoms with van der Waals surface area (Å²) in [6.45, 7) is 1.81. The van der Waals surface area contributed by atoms with Gasteiger partial charge in [-0.25, -0.2) is 13.8 Å². The molecule has 0 aliphatic carbocycles. The molecule has 2 N–H and O–H groups in total. The third kappa shape index (κ3) is 1.86. The van der Waals surface area contributed by atoms with Gasteiger partial charge < -0.3 is 5.73 Å². The van der Waals surface area contributed by atoms with E-state index in [0.29, 0.717) is 5.56 Å². The van der Waals surface area contributed by atoms with Crippen LogP contribution in [0, 0.1) is 18.6 Å². The van der Waals surface area contributed by atoms with Crippen molar-refractivity contribution in [1.29, 1.82) is 0 Å². The third-order valence-corrected chi connectivity index (χ3v) is 2.27. The number of nitrogens with zero attached hydrogens (tertiary/aromatic N) is 1. The fourth-order valence-electron chi connectivity index (χ4n) is 1.50. The van der Waals surface area contributed by atoms with Crippen LogP contribution in [0.25, 0.3) is 11.1 Å². The van der Waals surface area contributed by atoms with Gasteiger partial charge in [-0.05, 0) is 36.8 Å². The minimum atomic E-state index is -0.513. The first-order valence-electron chi connectivity index (χ1n) is 4.75. The van der Waals surface area contributed by atoms with Crippen LogP contribution in [0.15, 0.2) is 30.5 Å². The van der Waals surface area contributed by atoms with E-state index in [2.05, 4.69) is 4.98 Å². The van der Waals surface area contributed by atoms with Crippen LogP contribution in [0.2, 0.25) is 0 Å². The quantitative estimate of drug-likeness (QED) is 0.802. The van der Waals surface area contributed by atoms with Crippen molar-refractivity contribution in [3.63, 3.8) is 0 Å². The average molecular weight is 220 g/mol. The fraction of sp³-hybridized carbons (Fsp3) is 0.0833. The van der Waals surface area contributed by atoms with E-state index in [-0.39, 0.29) is 11.4 Å². The molecule has 2 aromatic rings. The van der Waals surface area contributed by atoms with Crippen molar-refractivity contribution in [2.75, 3.05) is 5.73 Å². The predicted molar refractivity (Wildman–Crippen MR) is 58.7 cm³/mol. The molecule has 16 heavy (non-hydrogen) atoms. The van der Waals surface area contributed by atoms with E-state index < -0.39 is 11.6 Å². The van der Waals surface area contributed by atoms with Gasteiger partial charge in [-0.3, -0.25) is 0 Å². The average Bonchev–Trinajstić information content (AvgIpc) is 2.25. The fourth-order valence-corrected chi connectivity index (χ4v) is 1.50. The first-order valence-corrected chi connectivity index (χ1v) is 4.75. The molecule has 0 atom stereocenters. The molecule has 1 aromatic heterocycles. The van der Waals surface area contributed by atoms with Crippen molar-refractivity contribution in [2.24, 2.45) is 0 Å². The van der Waals surface area contributed by atoms with E-state index in [1.807, 2.05) is 6.92 Å². The Morgan fingerprint density at radius 3 is 2.62 bits per heavy atom. The molecule has 1 heterocycles. The molecule has 1 aromatic carbocycles. The van der Waals surface area contributed by atoms with Crippen LogP contribution in [-0.4, -0.2) is 4.98 Å². The van der Waals surface area contributed by atoms with E-state index in [9.17, 15) is 8.78 Å². The molecule has 0 saturated heterocycles. The number of anilines is 1. The van der Waals surface area contributed by atoms with Crippen LogP contribution < -0.4 is 5.73 Å². The summed E-state index contributed by atoms with van der Waals surface area (Å²) >= 11 is 0. The number of benzene rings is 1. The monoisotopic (exact) mass is 220 g/mol. The summed E-state index contributed by atoms with van der Waals surface area (Å²) < 4.78 is 26.6. The SMILES string of the molecule is Cc1cnc(N)c(-c2cc(F)ccc2F)c1. The lowest BCUT2D eigenvalue weighted by molar-refractivity contribution is 0.603. The Kier molecular flexibility index (Phi) is 2.56. The number of aryl methyl sites for hydroxylation is 1. The van der Waals surface area contributed by atoms with Crippen LogP contribution in [0.1, 0.15) is 5.56 Å². The molecule has 82 valence electrons. The highest BCUT2D eigenvalue weighted by molar-refractivity contribution is 5.74. The van der Waals surface area contributed by atoms with Crippen LogP contribution in [0.4, 0.5) is 14.6 Å². The van der Waals surface area contributed by atoms with Crippen LogP contribution in [-0.2, 0) is 0 Å². The number of nitrogens with two attached hydrogens (primary N) is 1. The molecule has 0 radical (unpaired) electrons. The second-order valence-electron chi connectivity index (χ2n) is 3.57. The zero-order valence-corrected chi connectivity index (χ0v) is 8.67. The summed E-state index contributed by atoms with van der Waals surface area (Å²) in [5.41, 5.74) is 7.03. The lowest BCUT2D eigenvalue weighted by Gasteiger charge is -2.07. The Balaban J connectivity index is 2.66. The Labute approximate surface area is 91.7 Å². The molecule has 0 fully saturated rings. The minimum absolute atomic E-state index is 0.133. The summed E-state index contributed by atoms with van der Waals surface area (Å²) in [6, 6.07) is 4.94. The highest BCUT2D eigenvalue weighted by Gasteiger charge is 2.10. The first kappa shape index (κ1) is 10.5. The van der Waals surface area contributed by atoms with Gasteiger partial charge in [0.2, 0.25) is 0 Å². The highest BCUT2D eigenvalue weighted by Crippen LogP contribution is 2.28. The molecule has 2 rings (SSSR count). The second-order valence-corrected chi connectivity index (χ2v) is 3.57. The van der Waals surface area contributed by atoms with Crippen LogP contribution in [0.3, 0.4) is 0 Å². The lowest BCUT2D eigenvalue weighted by atomic mass is 10.0. The van der Waals surface area contributed by atoms with Crippen molar-refractivity contribution in [2.45, 2.75) is 6.92 Å². The molecular weight excluding hydrogens is 210 g/mol. The van der Waals surface area contributed by atoms with Gasteiger partial charge in [0.15, 0.2) is 0 Å². The molecule has 0 amide bonds. The van der Waals surface area contributed by atoms with Crippen LogP contribution >= 0.6 is 0 Å². The summed E-state index contributed by atoms with van der Waals surface area (Å²) in [4.78, 5) is 3.91. The van der Waals surface area contributed by atoms with Crippen LogP contribution in [0.5, 0.6) is 0 Å². The van der Waals surface area contributed by atoms with Gasteiger partial charge in [0.1, 0.15) is 17.5 Å². The Hall–Kier alpha value is -1.97. The van der Waals surface area contributed by atoms with Gasteiger partial charge in [-0.2, -0.15) is 0 Å². The molecular formula is C12H10F2N2. The molecule has 0 spiro atoms. The van der Waals surface area contributed by atoms with Gasteiger partial charge in [-0.15, -0.1) is 0 Å². The van der Waals surface area contributed by atoms with Gasteiger partial charge in [-0.1, -0.05) is 0 Å². The van der Waals surface area contributed by atoms with E-state index in [4.69, 9.17) is 5.73 Å². The zero-order chi connectivity index (χ0) is 11.7. The Bertz CT molecular complexity index is 489. The topological polar surface area (TPSA) is 38.9 Å². The number of pyridine rings is 1. The smallest absolute Gasteiger partial charge is 0.131 e. The number of nitrogen functional groups attached to an aromatic ring is 1. The largest absolute Gasteiger partial charge is 0.383 e. The maximum Gasteiger partial charge on any atom is 0.131 e. The number of halogens is 2. The maximum atomic E-state index is 13.5. The van der Waals surface area contributed by atoms with Gasteiger partial charge >= 0.3 is 0 Å². The van der Waals surface area contributed by atoms with Crippen molar-refractivity contribution in [1.82, 2.24) is 4.98 Å². The van der Waals surface area contributed by atoms with E-state index in [1.165, 1.54) is 0 Å². The third-order valence-electron chi connectivity index (χ3n) is 2.27. The number of aromatic nitrogens is 1. The van der Waals surface area contributed by atoms with Crippen molar-refractivity contribution in [3.05, 3.63) is 47.7 Å². The van der Waals surface area contributed by atoms with E-state index in [1.54, 1.807) is 12.3 Å². The zero-order valence-electron chi connectivity index (χ0n) is 8.67. The summed E-state index contributed by atoms with van der Waals surface area (Å²) in [6.07, 6.45) is 1.58. The first-order chi connectivity index (χ1) is 7.58.